The number of para-hydroxylation sites is 1. The summed E-state index contributed by atoms with van der Waals surface area (Å²) >= 11 is 0. The second-order valence-corrected chi connectivity index (χ2v) is 3.89. The number of hydrogen-bond acceptors (Lipinski definition) is 1. The normalized spacial score (nSPS) is 15.9. The van der Waals surface area contributed by atoms with Crippen molar-refractivity contribution in [2.24, 2.45) is 0 Å². The van der Waals surface area contributed by atoms with E-state index in [9.17, 15) is 5.11 Å². The van der Waals surface area contributed by atoms with Crippen molar-refractivity contribution in [2.75, 3.05) is 6.54 Å². The Labute approximate surface area is 87.7 Å². The van der Waals surface area contributed by atoms with Crippen molar-refractivity contribution in [1.29, 1.82) is 0 Å². The van der Waals surface area contributed by atoms with Gasteiger partial charge in [0.05, 0.1) is 10.9 Å². The molecule has 0 aliphatic carbocycles. The third-order valence-corrected chi connectivity index (χ3v) is 2.90. The van der Waals surface area contributed by atoms with E-state index in [4.69, 9.17) is 0 Å². The van der Waals surface area contributed by atoms with Gasteiger partial charge in [0.2, 0.25) is 0 Å². The average Bonchev–Trinajstić information content (AvgIpc) is 2.82. The molecule has 1 aliphatic rings. The van der Waals surface area contributed by atoms with Crippen LogP contribution < -0.4 is 0 Å². The van der Waals surface area contributed by atoms with Gasteiger partial charge in [-0.3, -0.25) is 0 Å². The molecule has 15 heavy (non-hydrogen) atoms. The van der Waals surface area contributed by atoms with Crippen molar-refractivity contribution < 1.29 is 9.68 Å². The van der Waals surface area contributed by atoms with Crippen molar-refractivity contribution in [1.82, 2.24) is 4.98 Å². The molecule has 3 rings (SSSR count). The number of nitrogens with zero attached hydrogens (tertiary/aromatic N) is 1. The van der Waals surface area contributed by atoms with E-state index in [0.29, 0.717) is 0 Å². The number of aromatic nitrogens is 1. The van der Waals surface area contributed by atoms with E-state index < -0.39 is 0 Å². The first-order valence-electron chi connectivity index (χ1n) is 5.26. The number of hydrogen-bond donors (Lipinski definition) is 2. The molecule has 1 aliphatic heterocycles. The highest BCUT2D eigenvalue weighted by Gasteiger charge is 2.23. The lowest BCUT2D eigenvalue weighted by molar-refractivity contribution is -0.425. The minimum Gasteiger partial charge on any atom is -0.490 e. The van der Waals surface area contributed by atoms with Gasteiger partial charge >= 0.3 is 0 Å². The minimum atomic E-state index is 0.273. The van der Waals surface area contributed by atoms with Crippen LogP contribution in [0, 0.1) is 0 Å². The highest BCUT2D eigenvalue weighted by atomic mass is 16.3. The van der Waals surface area contributed by atoms with Gasteiger partial charge in [0.1, 0.15) is 12.8 Å². The zero-order chi connectivity index (χ0) is 10.3. The van der Waals surface area contributed by atoms with Crippen LogP contribution in [0.25, 0.3) is 10.9 Å². The number of H-pyrrole nitrogens is 1. The van der Waals surface area contributed by atoms with Crippen LogP contribution in [0.1, 0.15) is 12.8 Å². The number of nitrogens with one attached hydrogen (secondary N) is 1. The molecule has 0 fully saturated rings. The molecule has 3 nitrogen and oxygen atoms in total. The average molecular weight is 201 g/mol. The number of aromatic amines is 1. The summed E-state index contributed by atoms with van der Waals surface area (Å²) in [7, 11) is 0. The summed E-state index contributed by atoms with van der Waals surface area (Å²) in [5, 5.41) is 11.0. The van der Waals surface area contributed by atoms with Crippen molar-refractivity contribution in [3.8, 4) is 5.88 Å². The fourth-order valence-electron chi connectivity index (χ4n) is 2.21. The Morgan fingerprint density at radius 1 is 1.27 bits per heavy atom. The zero-order valence-corrected chi connectivity index (χ0v) is 8.40. The highest BCUT2D eigenvalue weighted by molar-refractivity contribution is 5.92. The van der Waals surface area contributed by atoms with Crippen LogP contribution in [-0.2, 0) is 0 Å². The predicted molar refractivity (Wildman–Crippen MR) is 60.0 cm³/mol. The van der Waals surface area contributed by atoms with Gasteiger partial charge in [-0.25, -0.2) is 0 Å². The Kier molecular flexibility index (Phi) is 1.78. The number of fused-ring (bicyclic) bond motifs is 1. The molecule has 0 radical (unpaired) electrons. The molecule has 2 aromatic rings. The minimum absolute atomic E-state index is 0.273. The summed E-state index contributed by atoms with van der Waals surface area (Å²) in [4.78, 5) is 3.00. The first-order valence-corrected chi connectivity index (χ1v) is 5.26. The quantitative estimate of drug-likeness (QED) is 0.683. The molecule has 2 N–H and O–H groups in total. The number of aromatic hydroxyl groups is 1. The van der Waals surface area contributed by atoms with E-state index in [2.05, 4.69) is 15.8 Å². The van der Waals surface area contributed by atoms with Crippen molar-refractivity contribution >= 4 is 22.8 Å². The maximum Gasteiger partial charge on any atom is 0.274 e. The largest absolute Gasteiger partial charge is 0.490 e. The monoisotopic (exact) mass is 201 g/mol. The van der Waals surface area contributed by atoms with Crippen LogP contribution in [0.5, 0.6) is 5.88 Å². The lowest BCUT2D eigenvalue weighted by atomic mass is 10.2. The fourth-order valence-corrected chi connectivity index (χ4v) is 2.21. The van der Waals surface area contributed by atoms with Crippen LogP contribution in [0.4, 0.5) is 5.69 Å². The summed E-state index contributed by atoms with van der Waals surface area (Å²) in [5.74, 6) is 0.273. The maximum absolute atomic E-state index is 9.88. The van der Waals surface area contributed by atoms with E-state index in [1.807, 2.05) is 24.3 Å². The molecule has 0 bridgehead atoms. The Balaban J connectivity index is 2.28. The van der Waals surface area contributed by atoms with E-state index in [1.54, 1.807) is 0 Å². The molecule has 0 saturated heterocycles. The Bertz CT molecular complexity index is 540. The van der Waals surface area contributed by atoms with Gasteiger partial charge in [0.25, 0.3) is 11.6 Å². The highest BCUT2D eigenvalue weighted by Crippen LogP contribution is 2.35. The molecule has 1 aromatic carbocycles. The van der Waals surface area contributed by atoms with E-state index in [-0.39, 0.29) is 5.88 Å². The first-order chi connectivity index (χ1) is 7.36. The molecule has 76 valence electrons. The van der Waals surface area contributed by atoms with Gasteiger partial charge in [-0.05, 0) is 12.1 Å². The van der Waals surface area contributed by atoms with E-state index >= 15 is 0 Å². The van der Waals surface area contributed by atoms with Crippen LogP contribution in [0.2, 0.25) is 0 Å². The molecule has 0 amide bonds. The van der Waals surface area contributed by atoms with Gasteiger partial charge in [-0.2, -0.15) is 4.58 Å². The molecule has 1 aromatic heterocycles. The van der Waals surface area contributed by atoms with Gasteiger partial charge in [-0.1, -0.05) is 12.1 Å². The van der Waals surface area contributed by atoms with Crippen LogP contribution in [0.15, 0.2) is 24.3 Å². The van der Waals surface area contributed by atoms with E-state index in [1.165, 1.54) is 6.42 Å². The molecule has 0 atom stereocenters. The molecule has 2 heterocycles. The summed E-state index contributed by atoms with van der Waals surface area (Å²) in [6.07, 6.45) is 4.41. The second-order valence-electron chi connectivity index (χ2n) is 3.89. The van der Waals surface area contributed by atoms with Gasteiger partial charge in [-0.15, -0.1) is 0 Å². The van der Waals surface area contributed by atoms with Crippen LogP contribution in [0.3, 0.4) is 0 Å². The fraction of sp³-hybridized carbons (Fsp3) is 0.250. The van der Waals surface area contributed by atoms with Crippen LogP contribution >= 0.6 is 0 Å². The Morgan fingerprint density at radius 2 is 2.13 bits per heavy atom. The van der Waals surface area contributed by atoms with Gasteiger partial charge in [0.15, 0.2) is 0 Å². The summed E-state index contributed by atoms with van der Waals surface area (Å²) in [6.45, 7) is 0.995. The lowest BCUT2D eigenvalue weighted by Crippen LogP contribution is -1.99. The molecule has 0 saturated carbocycles. The second kappa shape index (κ2) is 3.12. The van der Waals surface area contributed by atoms with Crippen molar-refractivity contribution in [3.05, 3.63) is 24.3 Å². The lowest BCUT2D eigenvalue weighted by Gasteiger charge is -1.94. The zero-order valence-electron chi connectivity index (χ0n) is 8.40. The summed E-state index contributed by atoms with van der Waals surface area (Å²) in [6, 6.07) is 7.98. The molecule has 0 unspecified atom stereocenters. The topological polar surface area (TPSA) is 39.0 Å². The van der Waals surface area contributed by atoms with E-state index in [0.717, 1.165) is 29.6 Å². The third kappa shape index (κ3) is 1.23. The predicted octanol–water partition coefficient (Wildman–Crippen LogP) is 2.38. The third-order valence-electron chi connectivity index (χ3n) is 2.90. The standard InChI is InChI=1S/C12H12N2O/c15-12-11(14-7-3-4-8-14)9-5-1-2-6-10(9)13-12/h1-2,5-7,13H,3-4,8H2/p+1. The number of rotatable bonds is 1. The smallest absolute Gasteiger partial charge is 0.274 e. The Hall–Kier alpha value is -1.77. The Morgan fingerprint density at radius 3 is 2.93 bits per heavy atom. The maximum atomic E-state index is 9.88. The molecular weight excluding hydrogens is 188 g/mol. The summed E-state index contributed by atoms with van der Waals surface area (Å²) in [5.41, 5.74) is 1.91. The van der Waals surface area contributed by atoms with Crippen molar-refractivity contribution in [2.45, 2.75) is 12.8 Å². The van der Waals surface area contributed by atoms with Crippen molar-refractivity contribution in [3.63, 3.8) is 0 Å². The summed E-state index contributed by atoms with van der Waals surface area (Å²) < 4.78 is 2.13. The van der Waals surface area contributed by atoms with Gasteiger partial charge in [0, 0.05) is 12.8 Å². The SMILES string of the molecule is Oc1[nH]c2ccccc2c1[N+]1=CCCC1. The first kappa shape index (κ1) is 8.53. The molecule has 0 spiro atoms. The molecular formula is C12H13N2O+. The number of benzene rings is 1. The van der Waals surface area contributed by atoms with Crippen LogP contribution in [-0.4, -0.2) is 27.4 Å². The van der Waals surface area contributed by atoms with Gasteiger partial charge < -0.3 is 10.1 Å². The molecule has 3 heteroatoms.